The Labute approximate surface area is 55.5 Å². The monoisotopic (exact) mass is 144 g/mol. The van der Waals surface area contributed by atoms with Crippen LogP contribution in [-0.4, -0.2) is 9.59 Å². The van der Waals surface area contributed by atoms with Crippen molar-refractivity contribution in [1.82, 2.24) is 9.59 Å². The van der Waals surface area contributed by atoms with Crippen molar-refractivity contribution in [3.8, 4) is 0 Å². The third kappa shape index (κ3) is 0.563. The van der Waals surface area contributed by atoms with E-state index in [2.05, 4.69) is 9.59 Å². The molecule has 42 valence electrons. The first kappa shape index (κ1) is 4.76. The Bertz CT molecular complexity index is 177. The van der Waals surface area contributed by atoms with E-state index in [4.69, 9.17) is 0 Å². The minimum Gasteiger partial charge on any atom is -0.150 e. The average Bonchev–Trinajstić information content (AvgIpc) is 2.15. The molecule has 0 amide bonds. The molecule has 8 heavy (non-hydrogen) atoms. The van der Waals surface area contributed by atoms with Gasteiger partial charge in [0.1, 0.15) is 0 Å². The van der Waals surface area contributed by atoms with Gasteiger partial charge in [0, 0.05) is 11.5 Å². The highest BCUT2D eigenvalue weighted by atomic mass is 32.2. The predicted octanol–water partition coefficient (Wildman–Crippen LogP) is 1.28. The second-order valence-electron chi connectivity index (χ2n) is 1.64. The summed E-state index contributed by atoms with van der Waals surface area (Å²) in [6.45, 7) is 0. The molecule has 2 heterocycles. The molecule has 0 saturated carbocycles. The molecule has 0 unspecified atom stereocenters. The summed E-state index contributed by atoms with van der Waals surface area (Å²) in [6.07, 6.45) is 0. The Kier molecular flexibility index (Phi) is 1.01. The molecule has 0 fully saturated rings. The van der Waals surface area contributed by atoms with Gasteiger partial charge in [0.25, 0.3) is 0 Å². The quantitative estimate of drug-likeness (QED) is 0.548. The molecule has 0 atom stereocenters. The van der Waals surface area contributed by atoms with E-state index < -0.39 is 0 Å². The molecule has 1 aliphatic rings. The van der Waals surface area contributed by atoms with E-state index in [0.717, 1.165) is 11.5 Å². The highest BCUT2D eigenvalue weighted by Gasteiger charge is 2.13. The van der Waals surface area contributed by atoms with E-state index in [1.165, 1.54) is 22.1 Å². The van der Waals surface area contributed by atoms with E-state index in [1.807, 2.05) is 11.8 Å². The van der Waals surface area contributed by atoms with Gasteiger partial charge in [-0.15, -0.1) is 16.9 Å². The summed E-state index contributed by atoms with van der Waals surface area (Å²) >= 11 is 3.45. The van der Waals surface area contributed by atoms with E-state index in [9.17, 15) is 0 Å². The zero-order valence-electron chi connectivity index (χ0n) is 4.13. The van der Waals surface area contributed by atoms with Gasteiger partial charge in [-0.05, 0) is 11.5 Å². The summed E-state index contributed by atoms with van der Waals surface area (Å²) in [7, 11) is 0. The molecule has 0 saturated heterocycles. The predicted molar refractivity (Wildman–Crippen MR) is 34.9 cm³/mol. The van der Waals surface area contributed by atoms with Crippen LogP contribution < -0.4 is 0 Å². The van der Waals surface area contributed by atoms with Crippen LogP contribution in [-0.2, 0) is 11.5 Å². The van der Waals surface area contributed by atoms with Crippen molar-refractivity contribution >= 4 is 23.3 Å². The van der Waals surface area contributed by atoms with Crippen molar-refractivity contribution in [2.75, 3.05) is 0 Å². The molecule has 0 bridgehead atoms. The molecule has 0 spiro atoms. The molecular weight excluding hydrogens is 140 g/mol. The highest BCUT2D eigenvalue weighted by molar-refractivity contribution is 7.98. The van der Waals surface area contributed by atoms with E-state index >= 15 is 0 Å². The minimum absolute atomic E-state index is 1.08. The Hall–Kier alpha value is -0.0900. The van der Waals surface area contributed by atoms with Crippen LogP contribution >= 0.6 is 23.3 Å². The Morgan fingerprint density at radius 2 is 2.38 bits per heavy atom. The molecule has 4 heteroatoms. The molecule has 0 N–H and O–H groups in total. The molecule has 1 aliphatic heterocycles. The Morgan fingerprint density at radius 3 is 3.25 bits per heavy atom. The van der Waals surface area contributed by atoms with Crippen molar-refractivity contribution in [3.05, 3.63) is 10.6 Å². The van der Waals surface area contributed by atoms with Gasteiger partial charge < -0.3 is 0 Å². The Balaban J connectivity index is 2.54. The van der Waals surface area contributed by atoms with Crippen molar-refractivity contribution < 1.29 is 0 Å². The lowest BCUT2D eigenvalue weighted by molar-refractivity contribution is 1.07. The fourth-order valence-corrected chi connectivity index (χ4v) is 2.57. The van der Waals surface area contributed by atoms with Crippen molar-refractivity contribution in [1.29, 1.82) is 0 Å². The molecule has 2 nitrogen and oxygen atoms in total. The van der Waals surface area contributed by atoms with Crippen molar-refractivity contribution in [2.45, 2.75) is 11.5 Å². The first-order valence-electron chi connectivity index (χ1n) is 2.34. The maximum absolute atomic E-state index is 3.94. The van der Waals surface area contributed by atoms with Gasteiger partial charge in [0.05, 0.1) is 10.6 Å². The van der Waals surface area contributed by atoms with Crippen LogP contribution in [0.15, 0.2) is 0 Å². The van der Waals surface area contributed by atoms with Gasteiger partial charge in [-0.1, -0.05) is 4.49 Å². The standard InChI is InChI=1S/C4H4N2S2/c1-3-4(2-7-1)8-6-5-3/h1-2H2. The maximum atomic E-state index is 3.94. The van der Waals surface area contributed by atoms with E-state index in [1.54, 1.807) is 0 Å². The molecular formula is C4H4N2S2. The van der Waals surface area contributed by atoms with E-state index in [0.29, 0.717) is 0 Å². The Morgan fingerprint density at radius 1 is 1.38 bits per heavy atom. The second kappa shape index (κ2) is 1.70. The van der Waals surface area contributed by atoms with Crippen LogP contribution in [0.2, 0.25) is 0 Å². The van der Waals surface area contributed by atoms with Gasteiger partial charge in [0.2, 0.25) is 0 Å². The third-order valence-electron chi connectivity index (χ3n) is 1.11. The van der Waals surface area contributed by atoms with Crippen molar-refractivity contribution in [3.63, 3.8) is 0 Å². The highest BCUT2D eigenvalue weighted by Crippen LogP contribution is 2.29. The number of thioether (sulfide) groups is 1. The number of rotatable bonds is 0. The summed E-state index contributed by atoms with van der Waals surface area (Å²) < 4.78 is 3.82. The second-order valence-corrected chi connectivity index (χ2v) is 3.46. The van der Waals surface area contributed by atoms with Crippen LogP contribution in [0.4, 0.5) is 0 Å². The number of aromatic nitrogens is 2. The van der Waals surface area contributed by atoms with Gasteiger partial charge in [-0.3, -0.25) is 0 Å². The normalized spacial score (nSPS) is 16.5. The molecule has 1 aromatic heterocycles. The maximum Gasteiger partial charge on any atom is 0.0894 e. The van der Waals surface area contributed by atoms with Crippen LogP contribution in [0.5, 0.6) is 0 Å². The van der Waals surface area contributed by atoms with Gasteiger partial charge in [0.15, 0.2) is 0 Å². The van der Waals surface area contributed by atoms with Crippen LogP contribution in [0.25, 0.3) is 0 Å². The average molecular weight is 144 g/mol. The largest absolute Gasteiger partial charge is 0.150 e. The lowest BCUT2D eigenvalue weighted by atomic mass is 10.4. The zero-order valence-corrected chi connectivity index (χ0v) is 5.76. The third-order valence-corrected chi connectivity index (χ3v) is 3.02. The SMILES string of the molecule is C1SCc2snnc21. The summed E-state index contributed by atoms with van der Waals surface area (Å²) in [6, 6.07) is 0. The summed E-state index contributed by atoms with van der Waals surface area (Å²) in [4.78, 5) is 1.37. The lowest BCUT2D eigenvalue weighted by Crippen LogP contribution is -1.74. The number of nitrogens with zero attached hydrogens (tertiary/aromatic N) is 2. The van der Waals surface area contributed by atoms with Crippen molar-refractivity contribution in [2.24, 2.45) is 0 Å². The lowest BCUT2D eigenvalue weighted by Gasteiger charge is -1.75. The van der Waals surface area contributed by atoms with E-state index in [-0.39, 0.29) is 0 Å². The topological polar surface area (TPSA) is 25.8 Å². The molecule has 0 aromatic carbocycles. The van der Waals surface area contributed by atoms with Gasteiger partial charge >= 0.3 is 0 Å². The fourth-order valence-electron chi connectivity index (χ4n) is 0.687. The fraction of sp³-hybridized carbons (Fsp3) is 0.500. The first-order chi connectivity index (χ1) is 3.97. The smallest absolute Gasteiger partial charge is 0.0894 e. The minimum atomic E-state index is 1.08. The molecule has 2 rings (SSSR count). The van der Waals surface area contributed by atoms with Crippen LogP contribution in [0.3, 0.4) is 0 Å². The molecule has 1 aromatic rings. The van der Waals surface area contributed by atoms with Gasteiger partial charge in [-0.25, -0.2) is 0 Å². The van der Waals surface area contributed by atoms with Gasteiger partial charge in [-0.2, -0.15) is 0 Å². The number of fused-ring (bicyclic) bond motifs is 1. The molecule has 0 aliphatic carbocycles. The van der Waals surface area contributed by atoms with Crippen LogP contribution in [0, 0.1) is 0 Å². The molecule has 0 radical (unpaired) electrons. The first-order valence-corrected chi connectivity index (χ1v) is 4.27. The summed E-state index contributed by atoms with van der Waals surface area (Å²) in [5.74, 6) is 2.21. The number of hydrogen-bond acceptors (Lipinski definition) is 4. The zero-order chi connectivity index (χ0) is 5.40. The van der Waals surface area contributed by atoms with Crippen LogP contribution in [0.1, 0.15) is 10.6 Å². The summed E-state index contributed by atoms with van der Waals surface area (Å²) in [5, 5.41) is 3.94. The number of hydrogen-bond donors (Lipinski definition) is 0. The summed E-state index contributed by atoms with van der Waals surface area (Å²) in [5.41, 5.74) is 1.21.